The molecular formula is C20H22N2O3S. The van der Waals surface area contributed by atoms with Crippen LogP contribution in [0.5, 0.6) is 0 Å². The number of hydrogen-bond donors (Lipinski definition) is 0. The van der Waals surface area contributed by atoms with Gasteiger partial charge in [0.15, 0.2) is 18.3 Å². The van der Waals surface area contributed by atoms with Crippen molar-refractivity contribution in [1.29, 1.82) is 5.26 Å². The fourth-order valence-electron chi connectivity index (χ4n) is 2.68. The monoisotopic (exact) mass is 370 g/mol. The lowest BCUT2D eigenvalue weighted by atomic mass is 9.85. The molecule has 1 aromatic heterocycles. The highest BCUT2D eigenvalue weighted by molar-refractivity contribution is 7.09. The number of carbonyl (C=O) groups is 2. The van der Waals surface area contributed by atoms with E-state index in [4.69, 9.17) is 4.74 Å². The number of thiazole rings is 1. The van der Waals surface area contributed by atoms with E-state index in [0.29, 0.717) is 5.01 Å². The van der Waals surface area contributed by atoms with E-state index in [0.717, 1.165) is 17.7 Å². The molecule has 1 heterocycles. The van der Waals surface area contributed by atoms with E-state index in [1.54, 1.807) is 12.3 Å². The normalized spacial score (nSPS) is 14.1. The number of esters is 1. The minimum absolute atomic E-state index is 0.0772. The number of hydrogen-bond acceptors (Lipinski definition) is 6. The average Bonchev–Trinajstić information content (AvgIpc) is 3.07. The Balaban J connectivity index is 2.07. The Morgan fingerprint density at radius 3 is 2.54 bits per heavy atom. The lowest BCUT2D eigenvalue weighted by Gasteiger charge is -2.22. The molecule has 0 N–H and O–H groups in total. The first-order chi connectivity index (χ1) is 12.5. The van der Waals surface area contributed by atoms with Gasteiger partial charge in [0.2, 0.25) is 0 Å². The van der Waals surface area contributed by atoms with Crippen molar-refractivity contribution in [2.45, 2.75) is 39.0 Å². The van der Waals surface area contributed by atoms with Gasteiger partial charge in [-0.05, 0) is 18.4 Å². The second-order valence-corrected chi connectivity index (χ2v) is 7.13. The summed E-state index contributed by atoms with van der Waals surface area (Å²) in [5.74, 6) is -2.25. The second-order valence-electron chi connectivity index (χ2n) is 6.24. The van der Waals surface area contributed by atoms with Gasteiger partial charge in [-0.3, -0.25) is 9.59 Å². The van der Waals surface area contributed by atoms with Crippen LogP contribution in [0.25, 0.3) is 0 Å². The molecule has 0 unspecified atom stereocenters. The van der Waals surface area contributed by atoms with Crippen LogP contribution >= 0.6 is 11.3 Å². The van der Waals surface area contributed by atoms with Crippen LogP contribution in [0.3, 0.4) is 0 Å². The van der Waals surface area contributed by atoms with Crippen molar-refractivity contribution in [2.75, 3.05) is 6.61 Å². The molecule has 0 aliphatic carbocycles. The fraction of sp³-hybridized carbons (Fsp3) is 0.400. The maximum absolute atomic E-state index is 12.6. The van der Waals surface area contributed by atoms with E-state index in [9.17, 15) is 14.9 Å². The van der Waals surface area contributed by atoms with Gasteiger partial charge in [0.05, 0.1) is 12.0 Å². The van der Waals surface area contributed by atoms with Gasteiger partial charge in [-0.25, -0.2) is 4.98 Å². The summed E-state index contributed by atoms with van der Waals surface area (Å²) in [6.45, 7) is 5.37. The maximum atomic E-state index is 12.6. The van der Waals surface area contributed by atoms with Crippen molar-refractivity contribution < 1.29 is 14.3 Å². The molecule has 2 rings (SSSR count). The molecule has 0 fully saturated rings. The molecule has 3 atom stereocenters. The zero-order chi connectivity index (χ0) is 19.1. The molecule has 6 heteroatoms. The van der Waals surface area contributed by atoms with Crippen molar-refractivity contribution in [2.24, 2.45) is 5.92 Å². The van der Waals surface area contributed by atoms with Gasteiger partial charge >= 0.3 is 5.97 Å². The fourth-order valence-corrected chi connectivity index (χ4v) is 3.54. The van der Waals surface area contributed by atoms with Crippen molar-refractivity contribution >= 4 is 23.1 Å². The smallest absolute Gasteiger partial charge is 0.314 e. The Bertz CT molecular complexity index is 795. The van der Waals surface area contributed by atoms with Crippen LogP contribution in [0.2, 0.25) is 0 Å². The minimum atomic E-state index is -1.000. The molecule has 0 saturated heterocycles. The summed E-state index contributed by atoms with van der Waals surface area (Å²) in [7, 11) is 0. The predicted molar refractivity (Wildman–Crippen MR) is 99.8 cm³/mol. The molecule has 0 saturated carbocycles. The van der Waals surface area contributed by atoms with Gasteiger partial charge in [0.1, 0.15) is 5.01 Å². The lowest BCUT2D eigenvalue weighted by molar-refractivity contribution is -0.150. The van der Waals surface area contributed by atoms with Gasteiger partial charge in [-0.2, -0.15) is 5.26 Å². The van der Waals surface area contributed by atoms with Gasteiger partial charge in [-0.1, -0.05) is 50.6 Å². The van der Waals surface area contributed by atoms with Crippen LogP contribution in [-0.2, 0) is 14.3 Å². The highest BCUT2D eigenvalue weighted by Crippen LogP contribution is 2.28. The van der Waals surface area contributed by atoms with Gasteiger partial charge in [0.25, 0.3) is 0 Å². The van der Waals surface area contributed by atoms with E-state index < -0.39 is 30.2 Å². The van der Waals surface area contributed by atoms with Crippen LogP contribution in [0.4, 0.5) is 0 Å². The molecule has 0 aliphatic heterocycles. The summed E-state index contributed by atoms with van der Waals surface area (Å²) in [5.41, 5.74) is 1.63. The van der Waals surface area contributed by atoms with Crippen LogP contribution in [0.1, 0.15) is 48.4 Å². The summed E-state index contributed by atoms with van der Waals surface area (Å²) < 4.78 is 5.29. The molecule has 0 aliphatic rings. The molecule has 0 radical (unpaired) electrons. The van der Waals surface area contributed by atoms with Crippen LogP contribution in [-0.4, -0.2) is 23.3 Å². The highest BCUT2D eigenvalue weighted by Gasteiger charge is 2.30. The number of nitriles is 1. The van der Waals surface area contributed by atoms with Gasteiger partial charge < -0.3 is 4.74 Å². The minimum Gasteiger partial charge on any atom is -0.457 e. The number of Topliss-reactive ketones (excluding diaryl/α,β-unsaturated/α-hetero) is 1. The SMILES string of the molecule is CC[C@@H](C)[C@H](C(=O)OCC(=O)[C@@H](C#N)c1nc(C)cs1)c1ccccc1. The number of nitrogens with zero attached hydrogens (tertiary/aromatic N) is 2. The molecule has 1 aromatic carbocycles. The largest absolute Gasteiger partial charge is 0.457 e. The number of ether oxygens (including phenoxy) is 1. The molecule has 2 aromatic rings. The van der Waals surface area contributed by atoms with Crippen LogP contribution in [0, 0.1) is 24.2 Å². The second kappa shape index (κ2) is 9.25. The molecule has 5 nitrogen and oxygen atoms in total. The molecule has 0 spiro atoms. The third-order valence-electron chi connectivity index (χ3n) is 4.32. The number of ketones is 1. The summed E-state index contributed by atoms with van der Waals surface area (Å²) in [4.78, 5) is 29.2. The molecular weight excluding hydrogens is 348 g/mol. The third-order valence-corrected chi connectivity index (χ3v) is 5.34. The van der Waals surface area contributed by atoms with Gasteiger partial charge in [0, 0.05) is 11.1 Å². The lowest BCUT2D eigenvalue weighted by Crippen LogP contribution is -2.26. The number of aromatic nitrogens is 1. The molecule has 0 bridgehead atoms. The van der Waals surface area contributed by atoms with Crippen LogP contribution < -0.4 is 0 Å². The number of rotatable bonds is 8. The average molecular weight is 370 g/mol. The van der Waals surface area contributed by atoms with Crippen molar-refractivity contribution in [1.82, 2.24) is 4.98 Å². The molecule has 136 valence electrons. The first kappa shape index (κ1) is 19.8. The number of carbonyl (C=O) groups excluding carboxylic acids is 2. The number of benzene rings is 1. The Kier molecular flexibility index (Phi) is 7.05. The summed E-state index contributed by atoms with van der Waals surface area (Å²) in [6.07, 6.45) is 0.807. The predicted octanol–water partition coefficient (Wildman–Crippen LogP) is 4.00. The summed E-state index contributed by atoms with van der Waals surface area (Å²) in [6, 6.07) is 11.4. The Labute approximate surface area is 157 Å². The standard InChI is InChI=1S/C20H22N2O3S/c1-4-13(2)18(15-8-6-5-7-9-15)20(24)25-11-17(23)16(10-21)19-22-14(3)12-26-19/h5-9,12-13,16,18H,4,11H2,1-3H3/t13-,16-,18+/m1/s1. The summed E-state index contributed by atoms with van der Waals surface area (Å²) in [5, 5.41) is 11.5. The Hall–Kier alpha value is -2.52. The Morgan fingerprint density at radius 1 is 1.31 bits per heavy atom. The van der Waals surface area contributed by atoms with Crippen molar-refractivity contribution in [3.05, 3.63) is 52.0 Å². The first-order valence-electron chi connectivity index (χ1n) is 8.53. The van der Waals surface area contributed by atoms with E-state index in [2.05, 4.69) is 4.98 Å². The van der Waals surface area contributed by atoms with Crippen LogP contribution in [0.15, 0.2) is 35.7 Å². The highest BCUT2D eigenvalue weighted by atomic mass is 32.1. The molecule has 0 amide bonds. The zero-order valence-electron chi connectivity index (χ0n) is 15.1. The van der Waals surface area contributed by atoms with Crippen molar-refractivity contribution in [3.8, 4) is 6.07 Å². The van der Waals surface area contributed by atoms with Gasteiger partial charge in [-0.15, -0.1) is 11.3 Å². The van der Waals surface area contributed by atoms with E-state index >= 15 is 0 Å². The van der Waals surface area contributed by atoms with E-state index in [1.165, 1.54) is 11.3 Å². The zero-order valence-corrected chi connectivity index (χ0v) is 16.0. The van der Waals surface area contributed by atoms with Crippen molar-refractivity contribution in [3.63, 3.8) is 0 Å². The first-order valence-corrected chi connectivity index (χ1v) is 9.41. The Morgan fingerprint density at radius 2 is 2.00 bits per heavy atom. The quantitative estimate of drug-likeness (QED) is 0.656. The topological polar surface area (TPSA) is 80.0 Å². The maximum Gasteiger partial charge on any atom is 0.314 e. The van der Waals surface area contributed by atoms with E-state index in [1.807, 2.05) is 50.2 Å². The van der Waals surface area contributed by atoms with E-state index in [-0.39, 0.29) is 5.92 Å². The molecule has 26 heavy (non-hydrogen) atoms. The third kappa shape index (κ3) is 4.77. The summed E-state index contributed by atoms with van der Waals surface area (Å²) >= 11 is 1.26. The number of aryl methyl sites for hydroxylation is 1.